The summed E-state index contributed by atoms with van der Waals surface area (Å²) in [4.78, 5) is 25.3. The number of rotatable bonds is 5. The normalized spacial score (nSPS) is 19.6. The molecular formula is C22H25F3N4O5. The number of halogens is 3. The number of aromatic nitrogens is 2. The van der Waals surface area contributed by atoms with E-state index in [1.807, 2.05) is 17.2 Å². The van der Waals surface area contributed by atoms with Crippen molar-refractivity contribution in [3.05, 3.63) is 41.7 Å². The number of hydrogen-bond acceptors (Lipinski definition) is 6. The Morgan fingerprint density at radius 2 is 1.97 bits per heavy atom. The zero-order valence-electron chi connectivity index (χ0n) is 18.3. The van der Waals surface area contributed by atoms with Crippen molar-refractivity contribution in [1.29, 1.82) is 0 Å². The van der Waals surface area contributed by atoms with Gasteiger partial charge < -0.3 is 19.5 Å². The minimum Gasteiger partial charge on any atom is -0.475 e. The molecule has 4 heterocycles. The van der Waals surface area contributed by atoms with Crippen molar-refractivity contribution >= 4 is 11.9 Å². The summed E-state index contributed by atoms with van der Waals surface area (Å²) < 4.78 is 44.8. The van der Waals surface area contributed by atoms with Gasteiger partial charge in [0, 0.05) is 45.3 Å². The molecule has 9 nitrogen and oxygen atoms in total. The summed E-state index contributed by atoms with van der Waals surface area (Å²) in [7, 11) is 0. The maximum absolute atomic E-state index is 11.9. The van der Waals surface area contributed by atoms with Crippen LogP contribution in [0.25, 0.3) is 0 Å². The van der Waals surface area contributed by atoms with E-state index in [-0.39, 0.29) is 0 Å². The molecule has 3 aliphatic rings. The highest BCUT2D eigenvalue weighted by Gasteiger charge is 2.38. The molecule has 0 radical (unpaired) electrons. The fourth-order valence-electron chi connectivity index (χ4n) is 4.34. The largest absolute Gasteiger partial charge is 0.490 e. The predicted molar refractivity (Wildman–Crippen MR) is 112 cm³/mol. The van der Waals surface area contributed by atoms with E-state index in [0.717, 1.165) is 57.1 Å². The summed E-state index contributed by atoms with van der Waals surface area (Å²) in [5.41, 5.74) is 2.46. The second-order valence-electron chi connectivity index (χ2n) is 8.35. The lowest BCUT2D eigenvalue weighted by Crippen LogP contribution is -2.39. The molecule has 0 saturated carbocycles. The number of benzene rings is 1. The second-order valence-corrected chi connectivity index (χ2v) is 8.35. The summed E-state index contributed by atoms with van der Waals surface area (Å²) in [6, 6.07) is 8.57. The number of hydrogen-bond donors (Lipinski definition) is 1. The van der Waals surface area contributed by atoms with Crippen molar-refractivity contribution in [2.45, 2.75) is 44.6 Å². The number of aliphatic carboxylic acids is 1. The SMILES string of the molecule is O=C(O)C(F)(F)F.O=C1CCCN1CCC1CN(Cc2ccc3c(c2)OCO3)Cc2ccnn21. The van der Waals surface area contributed by atoms with Gasteiger partial charge in [0.05, 0.1) is 11.7 Å². The Morgan fingerprint density at radius 3 is 2.68 bits per heavy atom. The number of carbonyl (C=O) groups excluding carboxylic acids is 1. The molecule has 1 N–H and O–H groups in total. The molecule has 2 aromatic rings. The lowest BCUT2D eigenvalue weighted by Gasteiger charge is -2.34. The Balaban J connectivity index is 0.000000344. The summed E-state index contributed by atoms with van der Waals surface area (Å²) in [6.07, 6.45) is -0.563. The summed E-state index contributed by atoms with van der Waals surface area (Å²) in [6.45, 7) is 4.71. The Bertz CT molecular complexity index is 1040. The van der Waals surface area contributed by atoms with Crippen LogP contribution < -0.4 is 9.47 Å². The van der Waals surface area contributed by atoms with Crippen LogP contribution in [0.2, 0.25) is 0 Å². The molecule has 34 heavy (non-hydrogen) atoms. The van der Waals surface area contributed by atoms with E-state index in [4.69, 9.17) is 19.4 Å². The monoisotopic (exact) mass is 482 g/mol. The van der Waals surface area contributed by atoms with E-state index in [0.29, 0.717) is 25.2 Å². The molecule has 0 bridgehead atoms. The maximum atomic E-state index is 11.9. The number of fused-ring (bicyclic) bond motifs is 2. The Kier molecular flexibility index (Phi) is 6.96. The number of alkyl halides is 3. The van der Waals surface area contributed by atoms with Crippen LogP contribution in [0, 0.1) is 0 Å². The summed E-state index contributed by atoms with van der Waals surface area (Å²) >= 11 is 0. The van der Waals surface area contributed by atoms with Crippen LogP contribution in [0.4, 0.5) is 13.2 Å². The van der Waals surface area contributed by atoms with Gasteiger partial charge in [0.1, 0.15) is 0 Å². The highest BCUT2D eigenvalue weighted by Crippen LogP contribution is 2.33. The number of ether oxygens (including phenoxy) is 2. The zero-order valence-corrected chi connectivity index (χ0v) is 18.3. The number of nitrogens with zero attached hydrogens (tertiary/aromatic N) is 4. The standard InChI is InChI=1S/C20H24N4O3.C2HF3O2/c25-20-2-1-8-23(20)9-6-17-13-22(12-16-5-7-21-24(16)17)11-15-3-4-18-19(10-15)27-14-26-18;3-2(4,5)1(6)7/h3-5,7,10,17H,1-2,6,8-9,11-14H2;(H,6,7). The van der Waals surface area contributed by atoms with Crippen LogP contribution in [-0.2, 0) is 22.7 Å². The van der Waals surface area contributed by atoms with Gasteiger partial charge in [-0.05, 0) is 36.6 Å². The van der Waals surface area contributed by atoms with Crippen LogP contribution in [0.1, 0.15) is 36.6 Å². The first-order valence-corrected chi connectivity index (χ1v) is 10.9. The predicted octanol–water partition coefficient (Wildman–Crippen LogP) is 2.81. The molecule has 184 valence electrons. The van der Waals surface area contributed by atoms with Crippen LogP contribution in [0.3, 0.4) is 0 Å². The van der Waals surface area contributed by atoms with Gasteiger partial charge in [-0.1, -0.05) is 6.07 Å². The molecular weight excluding hydrogens is 457 g/mol. The van der Waals surface area contributed by atoms with E-state index >= 15 is 0 Å². The van der Waals surface area contributed by atoms with Gasteiger partial charge in [0.15, 0.2) is 11.5 Å². The quantitative estimate of drug-likeness (QED) is 0.700. The molecule has 1 saturated heterocycles. The Hall–Kier alpha value is -3.28. The van der Waals surface area contributed by atoms with Gasteiger partial charge >= 0.3 is 12.1 Å². The number of amides is 1. The van der Waals surface area contributed by atoms with Crippen LogP contribution in [0.5, 0.6) is 11.5 Å². The Labute approximate surface area is 193 Å². The molecule has 1 fully saturated rings. The van der Waals surface area contributed by atoms with Crippen molar-refractivity contribution in [2.24, 2.45) is 0 Å². The molecule has 1 aromatic heterocycles. The first-order valence-electron chi connectivity index (χ1n) is 10.9. The average molecular weight is 482 g/mol. The fourth-order valence-corrected chi connectivity index (χ4v) is 4.34. The lowest BCUT2D eigenvalue weighted by molar-refractivity contribution is -0.192. The molecule has 3 aliphatic heterocycles. The minimum absolute atomic E-state index is 0.295. The van der Waals surface area contributed by atoms with Crippen LogP contribution in [-0.4, -0.2) is 69.2 Å². The van der Waals surface area contributed by atoms with E-state index in [9.17, 15) is 18.0 Å². The van der Waals surface area contributed by atoms with Gasteiger partial charge in [-0.2, -0.15) is 18.3 Å². The fraction of sp³-hybridized carbons (Fsp3) is 0.500. The topological polar surface area (TPSA) is 97.1 Å². The first-order chi connectivity index (χ1) is 16.2. The van der Waals surface area contributed by atoms with Crippen molar-refractivity contribution in [3.63, 3.8) is 0 Å². The molecule has 1 unspecified atom stereocenters. The third-order valence-corrected chi connectivity index (χ3v) is 5.94. The molecule has 12 heteroatoms. The highest BCUT2D eigenvalue weighted by atomic mass is 19.4. The van der Waals surface area contributed by atoms with Gasteiger partial charge in [-0.25, -0.2) is 4.79 Å². The van der Waals surface area contributed by atoms with E-state index in [2.05, 4.69) is 32.9 Å². The molecule has 5 rings (SSSR count). The Morgan fingerprint density at radius 1 is 1.21 bits per heavy atom. The van der Waals surface area contributed by atoms with E-state index in [1.165, 1.54) is 11.3 Å². The number of carboxylic acids is 1. The molecule has 1 amide bonds. The molecule has 1 aromatic carbocycles. The van der Waals surface area contributed by atoms with Crippen LogP contribution >= 0.6 is 0 Å². The first kappa shape index (κ1) is 23.9. The van der Waals surface area contributed by atoms with Crippen molar-refractivity contribution < 1.29 is 37.3 Å². The lowest BCUT2D eigenvalue weighted by atomic mass is 10.1. The summed E-state index contributed by atoms with van der Waals surface area (Å²) in [5, 5.41) is 11.7. The second kappa shape index (κ2) is 9.92. The number of carbonyl (C=O) groups is 2. The minimum atomic E-state index is -5.08. The zero-order chi connectivity index (χ0) is 24.3. The smallest absolute Gasteiger partial charge is 0.475 e. The van der Waals surface area contributed by atoms with Gasteiger partial charge in [-0.15, -0.1) is 0 Å². The van der Waals surface area contributed by atoms with Crippen molar-refractivity contribution in [1.82, 2.24) is 19.6 Å². The molecule has 0 aliphatic carbocycles. The van der Waals surface area contributed by atoms with E-state index < -0.39 is 12.1 Å². The van der Waals surface area contributed by atoms with Gasteiger partial charge in [0.25, 0.3) is 0 Å². The van der Waals surface area contributed by atoms with Gasteiger partial charge in [-0.3, -0.25) is 14.4 Å². The summed E-state index contributed by atoms with van der Waals surface area (Å²) in [5.74, 6) is -0.807. The average Bonchev–Trinajstić information content (AvgIpc) is 3.52. The maximum Gasteiger partial charge on any atom is 0.490 e. The van der Waals surface area contributed by atoms with E-state index in [1.54, 1.807) is 0 Å². The number of likely N-dealkylation sites (tertiary alicyclic amines) is 1. The van der Waals surface area contributed by atoms with Crippen molar-refractivity contribution in [2.75, 3.05) is 26.4 Å². The van der Waals surface area contributed by atoms with Gasteiger partial charge in [0.2, 0.25) is 12.7 Å². The third kappa shape index (κ3) is 5.61. The molecule has 0 spiro atoms. The third-order valence-electron chi connectivity index (χ3n) is 5.94. The highest BCUT2D eigenvalue weighted by molar-refractivity contribution is 5.78. The van der Waals surface area contributed by atoms with Crippen LogP contribution in [0.15, 0.2) is 30.5 Å². The number of carboxylic acid groups (broad SMARTS) is 1. The molecule has 1 atom stereocenters. The van der Waals surface area contributed by atoms with Crippen molar-refractivity contribution in [3.8, 4) is 11.5 Å².